The van der Waals surface area contributed by atoms with Crippen molar-refractivity contribution in [2.24, 2.45) is 0 Å². The molecule has 0 saturated heterocycles. The van der Waals surface area contributed by atoms with Gasteiger partial charge in [-0.1, -0.05) is 6.07 Å². The van der Waals surface area contributed by atoms with E-state index in [1.807, 2.05) is 23.1 Å². The fourth-order valence-corrected chi connectivity index (χ4v) is 2.19. The van der Waals surface area contributed by atoms with Gasteiger partial charge in [0.05, 0.1) is 18.8 Å². The lowest BCUT2D eigenvalue weighted by molar-refractivity contribution is -0.0512. The molecule has 0 spiro atoms. The highest BCUT2D eigenvalue weighted by atomic mass is 19.3. The van der Waals surface area contributed by atoms with Gasteiger partial charge in [0.25, 0.3) is 0 Å². The zero-order valence-corrected chi connectivity index (χ0v) is 14.3. The van der Waals surface area contributed by atoms with Gasteiger partial charge in [-0.3, -0.25) is 4.68 Å². The van der Waals surface area contributed by atoms with Crippen LogP contribution in [0.15, 0.2) is 30.6 Å². The summed E-state index contributed by atoms with van der Waals surface area (Å²) in [7, 11) is 1.42. The number of nitrogens with zero attached hydrogens (tertiary/aromatic N) is 2. The van der Waals surface area contributed by atoms with E-state index in [0.29, 0.717) is 13.1 Å². The van der Waals surface area contributed by atoms with E-state index in [9.17, 15) is 8.78 Å². The molecule has 2 rings (SSSR count). The molecule has 5 nitrogen and oxygen atoms in total. The van der Waals surface area contributed by atoms with Crippen molar-refractivity contribution in [3.05, 3.63) is 41.7 Å². The fourth-order valence-electron chi connectivity index (χ4n) is 2.19. The predicted molar refractivity (Wildman–Crippen MR) is 87.4 cm³/mol. The number of hydrogen-bond donors (Lipinski definition) is 1. The van der Waals surface area contributed by atoms with Gasteiger partial charge < -0.3 is 14.8 Å². The van der Waals surface area contributed by atoms with E-state index in [4.69, 9.17) is 4.74 Å². The molecule has 0 aliphatic rings. The van der Waals surface area contributed by atoms with Crippen LogP contribution in [0.1, 0.15) is 31.9 Å². The normalized spacial score (nSPS) is 11.8. The fraction of sp³-hybridized carbons (Fsp3) is 0.471. The predicted octanol–water partition coefficient (Wildman–Crippen LogP) is 3.54. The lowest BCUT2D eigenvalue weighted by Gasteiger charge is -2.18. The Bertz CT molecular complexity index is 666. The Morgan fingerprint density at radius 1 is 1.17 bits per heavy atom. The highest BCUT2D eigenvalue weighted by molar-refractivity contribution is 5.43. The number of methoxy groups -OCH3 is 1. The maximum atomic E-state index is 12.4. The molecule has 1 heterocycles. The molecule has 0 aliphatic carbocycles. The number of halogens is 2. The maximum Gasteiger partial charge on any atom is 0.387 e. The van der Waals surface area contributed by atoms with Crippen molar-refractivity contribution < 1.29 is 18.3 Å². The molecule has 0 unspecified atom stereocenters. The highest BCUT2D eigenvalue weighted by Gasteiger charge is 2.14. The monoisotopic (exact) mass is 339 g/mol. The van der Waals surface area contributed by atoms with Crippen molar-refractivity contribution in [2.75, 3.05) is 7.11 Å². The van der Waals surface area contributed by atoms with E-state index in [-0.39, 0.29) is 17.0 Å². The summed E-state index contributed by atoms with van der Waals surface area (Å²) < 4.78 is 36.3. The minimum absolute atomic E-state index is 0.0346. The Kier molecular flexibility index (Phi) is 5.77. The van der Waals surface area contributed by atoms with Crippen molar-refractivity contribution >= 4 is 0 Å². The summed E-state index contributed by atoms with van der Waals surface area (Å²) >= 11 is 0. The number of rotatable bonds is 7. The van der Waals surface area contributed by atoms with Crippen molar-refractivity contribution in [1.29, 1.82) is 0 Å². The molecule has 24 heavy (non-hydrogen) atoms. The molecule has 0 atom stereocenters. The Balaban J connectivity index is 1.95. The lowest BCUT2D eigenvalue weighted by atomic mass is 10.1. The molecule has 0 radical (unpaired) electrons. The number of alkyl halides is 2. The molecule has 0 fully saturated rings. The van der Waals surface area contributed by atoms with Crippen molar-refractivity contribution in [3.8, 4) is 11.5 Å². The molecule has 0 saturated carbocycles. The number of hydrogen-bond acceptors (Lipinski definition) is 4. The van der Waals surface area contributed by atoms with Crippen LogP contribution in [0.2, 0.25) is 0 Å². The molecule has 0 amide bonds. The molecular formula is C17H23F2N3O2. The van der Waals surface area contributed by atoms with E-state index < -0.39 is 6.61 Å². The summed E-state index contributed by atoms with van der Waals surface area (Å²) in [6.07, 6.45) is 3.81. The van der Waals surface area contributed by atoms with E-state index in [0.717, 1.165) is 11.1 Å². The largest absolute Gasteiger partial charge is 0.493 e. The summed E-state index contributed by atoms with van der Waals surface area (Å²) in [5, 5.41) is 7.60. The first-order valence-electron chi connectivity index (χ1n) is 7.66. The quantitative estimate of drug-likeness (QED) is 0.838. The van der Waals surface area contributed by atoms with E-state index >= 15 is 0 Å². The van der Waals surface area contributed by atoms with Gasteiger partial charge in [-0.2, -0.15) is 13.9 Å². The second-order valence-electron chi connectivity index (χ2n) is 6.43. The van der Waals surface area contributed by atoms with Gasteiger partial charge in [0.2, 0.25) is 0 Å². The van der Waals surface area contributed by atoms with Gasteiger partial charge in [-0.15, -0.1) is 0 Å². The van der Waals surface area contributed by atoms with Crippen LogP contribution in [0.4, 0.5) is 8.78 Å². The third kappa shape index (κ3) is 4.92. The number of ether oxygens (including phenoxy) is 2. The van der Waals surface area contributed by atoms with Crippen LogP contribution in [0, 0.1) is 0 Å². The second-order valence-corrected chi connectivity index (χ2v) is 6.43. The average Bonchev–Trinajstić information content (AvgIpc) is 2.96. The van der Waals surface area contributed by atoms with Gasteiger partial charge in [-0.25, -0.2) is 0 Å². The van der Waals surface area contributed by atoms with Crippen LogP contribution in [0.25, 0.3) is 0 Å². The molecular weight excluding hydrogens is 316 g/mol. The first-order valence-corrected chi connectivity index (χ1v) is 7.66. The number of benzene rings is 1. The van der Waals surface area contributed by atoms with Crippen LogP contribution >= 0.6 is 0 Å². The molecule has 0 bridgehead atoms. The van der Waals surface area contributed by atoms with Crippen molar-refractivity contribution in [3.63, 3.8) is 0 Å². The van der Waals surface area contributed by atoms with Crippen LogP contribution in [-0.2, 0) is 18.6 Å². The Morgan fingerprint density at radius 2 is 1.88 bits per heavy atom. The second kappa shape index (κ2) is 7.61. The zero-order chi connectivity index (χ0) is 17.7. The van der Waals surface area contributed by atoms with E-state index in [2.05, 4.69) is 35.9 Å². The summed E-state index contributed by atoms with van der Waals surface area (Å²) in [4.78, 5) is 0. The van der Waals surface area contributed by atoms with E-state index in [1.54, 1.807) is 12.1 Å². The maximum absolute atomic E-state index is 12.4. The van der Waals surface area contributed by atoms with Crippen LogP contribution in [-0.4, -0.2) is 23.5 Å². The smallest absolute Gasteiger partial charge is 0.387 e. The van der Waals surface area contributed by atoms with Crippen molar-refractivity contribution in [1.82, 2.24) is 15.1 Å². The minimum Gasteiger partial charge on any atom is -0.493 e. The minimum atomic E-state index is -2.88. The average molecular weight is 339 g/mol. The van der Waals surface area contributed by atoms with Gasteiger partial charge in [0.15, 0.2) is 11.5 Å². The lowest BCUT2D eigenvalue weighted by Crippen LogP contribution is -2.22. The zero-order valence-electron chi connectivity index (χ0n) is 14.3. The van der Waals surface area contributed by atoms with Gasteiger partial charge in [-0.05, 0) is 38.5 Å². The van der Waals surface area contributed by atoms with Gasteiger partial charge in [0.1, 0.15) is 0 Å². The standard InChI is InChI=1S/C17H23F2N3O2/c1-17(2,3)22-11-13(10-21-22)9-20-8-12-5-6-14(23-4)15(7-12)24-16(18)19/h5-7,10-11,16,20H,8-9H2,1-4H3. The third-order valence-corrected chi connectivity index (χ3v) is 3.43. The Morgan fingerprint density at radius 3 is 2.46 bits per heavy atom. The molecule has 2 aromatic rings. The SMILES string of the molecule is COc1ccc(CNCc2cnn(C(C)(C)C)c2)cc1OC(F)F. The third-order valence-electron chi connectivity index (χ3n) is 3.43. The van der Waals surface area contributed by atoms with Gasteiger partial charge in [0, 0.05) is 24.8 Å². The summed E-state index contributed by atoms with van der Waals surface area (Å²) in [5.41, 5.74) is 1.83. The molecule has 1 aromatic heterocycles. The number of aromatic nitrogens is 2. The first-order chi connectivity index (χ1) is 11.3. The topological polar surface area (TPSA) is 48.3 Å². The first kappa shape index (κ1) is 18.2. The molecule has 1 N–H and O–H groups in total. The van der Waals surface area contributed by atoms with Crippen LogP contribution in [0.5, 0.6) is 11.5 Å². The Labute approximate surface area is 140 Å². The van der Waals surface area contributed by atoms with Crippen LogP contribution in [0.3, 0.4) is 0 Å². The van der Waals surface area contributed by atoms with Crippen LogP contribution < -0.4 is 14.8 Å². The molecule has 7 heteroatoms. The molecule has 132 valence electrons. The molecule has 1 aromatic carbocycles. The highest BCUT2D eigenvalue weighted by Crippen LogP contribution is 2.29. The van der Waals surface area contributed by atoms with Gasteiger partial charge >= 0.3 is 6.61 Å². The number of nitrogens with one attached hydrogen (secondary N) is 1. The summed E-state index contributed by atoms with van der Waals surface area (Å²) in [6, 6.07) is 4.98. The van der Waals surface area contributed by atoms with E-state index in [1.165, 1.54) is 7.11 Å². The summed E-state index contributed by atoms with van der Waals surface area (Å²) in [6.45, 7) is 4.51. The molecule has 0 aliphatic heterocycles. The summed E-state index contributed by atoms with van der Waals surface area (Å²) in [5.74, 6) is 0.317. The van der Waals surface area contributed by atoms with Crippen molar-refractivity contribution in [2.45, 2.75) is 46.0 Å². The Hall–Kier alpha value is -2.15.